The molecule has 0 heterocycles. The second-order valence-electron chi connectivity index (χ2n) is 9.64. The van der Waals surface area contributed by atoms with E-state index >= 15 is 0 Å². The minimum Gasteiger partial charge on any atom is -0.462 e. The molecule has 5 aliphatic rings. The van der Waals surface area contributed by atoms with Crippen molar-refractivity contribution in [2.45, 2.75) is 77.7 Å². The van der Waals surface area contributed by atoms with E-state index in [0.29, 0.717) is 24.0 Å². The average molecular weight is 357 g/mol. The van der Waals surface area contributed by atoms with Crippen molar-refractivity contribution >= 4 is 11.8 Å². The van der Waals surface area contributed by atoms with Crippen LogP contribution in [0, 0.1) is 40.9 Å². The molecular weight excluding hydrogens is 324 g/mol. The zero-order chi connectivity index (χ0) is 18.1. The summed E-state index contributed by atoms with van der Waals surface area (Å²) in [5.74, 6) is 4.86. The summed E-state index contributed by atoms with van der Waals surface area (Å²) in [4.78, 5) is 24.0. The lowest BCUT2D eigenvalue weighted by Gasteiger charge is -2.54. The van der Waals surface area contributed by atoms with Crippen LogP contribution in [0.5, 0.6) is 0 Å². The van der Waals surface area contributed by atoms with Crippen LogP contribution in [0.15, 0.2) is 11.6 Å². The molecule has 5 aliphatic carbocycles. The third-order valence-corrected chi connectivity index (χ3v) is 8.98. The quantitative estimate of drug-likeness (QED) is 0.689. The molecule has 0 aromatic carbocycles. The minimum atomic E-state index is -0.0189. The molecule has 0 aromatic heterocycles. The van der Waals surface area contributed by atoms with Crippen LogP contribution in [0.1, 0.15) is 71.6 Å². The fourth-order valence-corrected chi connectivity index (χ4v) is 7.86. The van der Waals surface area contributed by atoms with Crippen LogP contribution in [-0.2, 0) is 14.3 Å². The van der Waals surface area contributed by atoms with E-state index in [2.05, 4.69) is 6.92 Å². The van der Waals surface area contributed by atoms with Gasteiger partial charge in [0.25, 0.3) is 0 Å². The largest absolute Gasteiger partial charge is 0.462 e. The second-order valence-corrected chi connectivity index (χ2v) is 9.64. The Bertz CT molecular complexity index is 664. The Hall–Kier alpha value is -1.12. The van der Waals surface area contributed by atoms with Crippen LogP contribution >= 0.6 is 0 Å². The first-order valence-corrected chi connectivity index (χ1v) is 11.0. The predicted molar refractivity (Wildman–Crippen MR) is 99.2 cm³/mol. The Kier molecular flexibility index (Phi) is 3.89. The van der Waals surface area contributed by atoms with Gasteiger partial charge in [0.15, 0.2) is 5.78 Å². The molecule has 0 aliphatic heterocycles. The number of ketones is 1. The van der Waals surface area contributed by atoms with Gasteiger partial charge in [-0.3, -0.25) is 9.59 Å². The summed E-state index contributed by atoms with van der Waals surface area (Å²) in [6.45, 7) is 4.22. The van der Waals surface area contributed by atoms with Gasteiger partial charge in [-0.1, -0.05) is 19.4 Å². The first kappa shape index (κ1) is 17.0. The van der Waals surface area contributed by atoms with Crippen LogP contribution in [-0.4, -0.2) is 17.9 Å². The molecule has 142 valence electrons. The Balaban J connectivity index is 1.45. The number of fused-ring (bicyclic) bond motifs is 8. The van der Waals surface area contributed by atoms with Crippen molar-refractivity contribution in [2.75, 3.05) is 0 Å². The maximum Gasteiger partial charge on any atom is 0.305 e. The highest BCUT2D eigenvalue weighted by atomic mass is 16.5. The average Bonchev–Trinajstić information content (AvgIpc) is 3.38. The highest BCUT2D eigenvalue weighted by Crippen LogP contribution is 2.71. The lowest BCUT2D eigenvalue weighted by molar-refractivity contribution is -0.160. The number of hydrogen-bond acceptors (Lipinski definition) is 3. The molecular formula is C23H32O3. The third kappa shape index (κ3) is 2.24. The second kappa shape index (κ2) is 5.94. The number of hydrogen-bond donors (Lipinski definition) is 0. The molecule has 4 fully saturated rings. The summed E-state index contributed by atoms with van der Waals surface area (Å²) in [5, 5.41) is 0. The van der Waals surface area contributed by atoms with Crippen LogP contribution in [0.25, 0.3) is 0 Å². The molecule has 0 saturated heterocycles. The molecule has 0 spiro atoms. The Morgan fingerprint density at radius 3 is 2.77 bits per heavy atom. The standard InChI is InChI=1S/C23H32O3/c1-3-21(25)26-20-8-7-19-22-15(9-10-23(19,20)4-2)14-6-5-13(24)11-16(14)17-12-18(17)22/h11,14-15,17-20,22H,3-10,12H2,1-2H3/t14?,15?,17?,18?,19?,20-,22?,23?/m0/s1. The van der Waals surface area contributed by atoms with Crippen molar-refractivity contribution < 1.29 is 14.3 Å². The topological polar surface area (TPSA) is 43.4 Å². The van der Waals surface area contributed by atoms with E-state index in [4.69, 9.17) is 4.74 Å². The first-order chi connectivity index (χ1) is 12.6. The molecule has 7 unspecified atom stereocenters. The first-order valence-electron chi connectivity index (χ1n) is 11.0. The lowest BCUT2D eigenvalue weighted by Crippen LogP contribution is -2.50. The maximum absolute atomic E-state index is 12.0. The van der Waals surface area contributed by atoms with Crippen molar-refractivity contribution in [2.24, 2.45) is 40.9 Å². The monoisotopic (exact) mass is 356 g/mol. The fourth-order valence-electron chi connectivity index (χ4n) is 7.86. The molecule has 26 heavy (non-hydrogen) atoms. The van der Waals surface area contributed by atoms with Gasteiger partial charge >= 0.3 is 5.97 Å². The summed E-state index contributed by atoms with van der Waals surface area (Å²) in [6, 6.07) is 0. The van der Waals surface area contributed by atoms with Crippen LogP contribution in [0.3, 0.4) is 0 Å². The maximum atomic E-state index is 12.0. The molecule has 5 rings (SSSR count). The van der Waals surface area contributed by atoms with Crippen molar-refractivity contribution in [3.8, 4) is 0 Å². The zero-order valence-corrected chi connectivity index (χ0v) is 16.2. The van der Waals surface area contributed by atoms with Gasteiger partial charge in [-0.15, -0.1) is 0 Å². The van der Waals surface area contributed by atoms with Gasteiger partial charge in [0.05, 0.1) is 0 Å². The van der Waals surface area contributed by atoms with E-state index in [-0.39, 0.29) is 17.5 Å². The summed E-state index contributed by atoms with van der Waals surface area (Å²) in [7, 11) is 0. The minimum absolute atomic E-state index is 0.0189. The molecule has 0 N–H and O–H groups in total. The van der Waals surface area contributed by atoms with Gasteiger partial charge in [0.1, 0.15) is 6.10 Å². The Labute approximate surface area is 156 Å². The molecule has 3 heteroatoms. The van der Waals surface area contributed by atoms with Crippen LogP contribution in [0.4, 0.5) is 0 Å². The van der Waals surface area contributed by atoms with Crippen molar-refractivity contribution in [1.29, 1.82) is 0 Å². The van der Waals surface area contributed by atoms with Gasteiger partial charge < -0.3 is 4.74 Å². The number of allylic oxidation sites excluding steroid dienone is 1. The SMILES string of the molecule is CCC(=O)O[C@H]1CCC2C3C(CCC21CC)C1CCC(=O)C=C1C1CC13. The van der Waals surface area contributed by atoms with Gasteiger partial charge in [0, 0.05) is 18.3 Å². The van der Waals surface area contributed by atoms with Gasteiger partial charge in [-0.05, 0) is 86.5 Å². The molecule has 0 aromatic rings. The van der Waals surface area contributed by atoms with Gasteiger partial charge in [-0.25, -0.2) is 0 Å². The Morgan fingerprint density at radius 1 is 1.15 bits per heavy atom. The molecule has 8 atom stereocenters. The summed E-state index contributed by atoms with van der Waals surface area (Å²) < 4.78 is 5.98. The molecule has 0 amide bonds. The van der Waals surface area contributed by atoms with E-state index in [9.17, 15) is 9.59 Å². The molecule has 3 nitrogen and oxygen atoms in total. The van der Waals surface area contributed by atoms with E-state index in [1.54, 1.807) is 0 Å². The summed E-state index contributed by atoms with van der Waals surface area (Å²) >= 11 is 0. The van der Waals surface area contributed by atoms with Gasteiger partial charge in [0.2, 0.25) is 0 Å². The zero-order valence-electron chi connectivity index (χ0n) is 16.2. The van der Waals surface area contributed by atoms with Crippen molar-refractivity contribution in [1.82, 2.24) is 0 Å². The molecule has 0 bridgehead atoms. The van der Waals surface area contributed by atoms with E-state index in [1.807, 2.05) is 13.0 Å². The molecule has 4 saturated carbocycles. The fraction of sp³-hybridized carbons (Fsp3) is 0.826. The van der Waals surface area contributed by atoms with Crippen LogP contribution in [0.2, 0.25) is 0 Å². The number of ether oxygens (including phenoxy) is 1. The highest BCUT2D eigenvalue weighted by Gasteiger charge is 2.65. The van der Waals surface area contributed by atoms with Crippen molar-refractivity contribution in [3.05, 3.63) is 11.6 Å². The number of rotatable bonds is 3. The predicted octanol–water partition coefficient (Wildman–Crippen LogP) is 4.70. The highest BCUT2D eigenvalue weighted by molar-refractivity contribution is 5.91. The number of carbonyl (C=O) groups excluding carboxylic acids is 2. The van der Waals surface area contributed by atoms with E-state index in [0.717, 1.165) is 49.4 Å². The smallest absolute Gasteiger partial charge is 0.305 e. The molecule has 0 radical (unpaired) electrons. The van der Waals surface area contributed by atoms with Gasteiger partial charge in [-0.2, -0.15) is 0 Å². The van der Waals surface area contributed by atoms with Crippen LogP contribution < -0.4 is 0 Å². The summed E-state index contributed by atoms with van der Waals surface area (Å²) in [6.07, 6.45) is 11.8. The van der Waals surface area contributed by atoms with Crippen molar-refractivity contribution in [3.63, 3.8) is 0 Å². The van der Waals surface area contributed by atoms with E-state index in [1.165, 1.54) is 31.3 Å². The summed E-state index contributed by atoms with van der Waals surface area (Å²) in [5.41, 5.74) is 1.76. The lowest BCUT2D eigenvalue weighted by atomic mass is 9.51. The van der Waals surface area contributed by atoms with E-state index < -0.39 is 0 Å². The Morgan fingerprint density at radius 2 is 2.00 bits per heavy atom. The normalized spacial score (nSPS) is 48.6. The number of esters is 1. The third-order valence-electron chi connectivity index (χ3n) is 8.98. The number of carbonyl (C=O) groups is 2.